The maximum atomic E-state index is 5.00. The first-order chi connectivity index (χ1) is 12.9. The normalized spacial score (nSPS) is 22.4. The molecule has 1 atom stereocenters. The minimum Gasteiger partial charge on any atom is -0.357 e. The maximum absolute atomic E-state index is 5.00. The molecule has 2 fully saturated rings. The molecule has 0 saturated carbocycles. The van der Waals surface area contributed by atoms with Crippen LogP contribution >= 0.6 is 24.0 Å². The van der Waals surface area contributed by atoms with E-state index in [4.69, 9.17) is 4.99 Å². The number of nitrogens with zero attached hydrogens (tertiary/aromatic N) is 4. The molecular weight excluding hydrogens is 463 g/mol. The van der Waals surface area contributed by atoms with Crippen LogP contribution in [0, 0.1) is 5.92 Å². The van der Waals surface area contributed by atoms with Gasteiger partial charge in [-0.05, 0) is 46.6 Å². The number of likely N-dealkylation sites (tertiary alicyclic amines) is 1. The molecule has 2 aliphatic heterocycles. The van der Waals surface area contributed by atoms with Crippen LogP contribution < -0.4 is 10.6 Å². The first-order valence-electron chi connectivity index (χ1n) is 11.1. The average Bonchev–Trinajstić information content (AvgIpc) is 2.63. The second-order valence-electron chi connectivity index (χ2n) is 8.92. The summed E-state index contributed by atoms with van der Waals surface area (Å²) < 4.78 is 0. The molecule has 0 amide bonds. The molecule has 0 aromatic heterocycles. The number of nitrogens with one attached hydrogen (secondary N) is 2. The summed E-state index contributed by atoms with van der Waals surface area (Å²) in [5.41, 5.74) is 0. The second kappa shape index (κ2) is 13.2. The lowest BCUT2D eigenvalue weighted by Gasteiger charge is -2.39. The van der Waals surface area contributed by atoms with E-state index in [-0.39, 0.29) is 24.0 Å². The fourth-order valence-electron chi connectivity index (χ4n) is 4.16. The van der Waals surface area contributed by atoms with Gasteiger partial charge in [-0.1, -0.05) is 13.8 Å². The Bertz CT molecular complexity index is 440. The van der Waals surface area contributed by atoms with Crippen molar-refractivity contribution in [3.05, 3.63) is 0 Å². The Balaban J connectivity index is 0.00000392. The molecule has 0 bridgehead atoms. The largest absolute Gasteiger partial charge is 0.357 e. The minimum absolute atomic E-state index is 0. The highest BCUT2D eigenvalue weighted by atomic mass is 127. The molecule has 2 heterocycles. The molecule has 28 heavy (non-hydrogen) atoms. The third kappa shape index (κ3) is 8.32. The number of likely N-dealkylation sites (N-methyl/N-ethyl adjacent to an activating group) is 1. The molecule has 0 aromatic carbocycles. The van der Waals surface area contributed by atoms with Gasteiger partial charge in [-0.3, -0.25) is 9.89 Å². The standard InChI is InChI=1S/C21H44N6.HI/c1-7-22-21(24-19-8-10-26(11-9-19)18(4)5)23-16-20(17(2)3)27-14-12-25(6)13-15-27;/h17-20H,7-16H2,1-6H3,(H2,22,23,24);1H. The van der Waals surface area contributed by atoms with Crippen molar-refractivity contribution >= 4 is 29.9 Å². The van der Waals surface area contributed by atoms with E-state index < -0.39 is 0 Å². The number of guanidine groups is 1. The van der Waals surface area contributed by atoms with Crippen LogP contribution in [0.25, 0.3) is 0 Å². The summed E-state index contributed by atoms with van der Waals surface area (Å²) in [6, 6.07) is 1.72. The van der Waals surface area contributed by atoms with Gasteiger partial charge in [0.25, 0.3) is 0 Å². The summed E-state index contributed by atoms with van der Waals surface area (Å²) in [5, 5.41) is 7.17. The van der Waals surface area contributed by atoms with Gasteiger partial charge < -0.3 is 20.4 Å². The van der Waals surface area contributed by atoms with E-state index in [0.29, 0.717) is 24.0 Å². The van der Waals surface area contributed by atoms with Crippen LogP contribution in [0.1, 0.15) is 47.5 Å². The lowest BCUT2D eigenvalue weighted by molar-refractivity contribution is 0.0925. The van der Waals surface area contributed by atoms with Crippen LogP contribution in [-0.2, 0) is 0 Å². The number of piperazine rings is 1. The topological polar surface area (TPSA) is 46.1 Å². The van der Waals surface area contributed by atoms with E-state index >= 15 is 0 Å². The highest BCUT2D eigenvalue weighted by Crippen LogP contribution is 2.15. The molecule has 2 saturated heterocycles. The predicted octanol–water partition coefficient (Wildman–Crippen LogP) is 2.30. The summed E-state index contributed by atoms with van der Waals surface area (Å²) in [4.78, 5) is 12.6. The van der Waals surface area contributed by atoms with Gasteiger partial charge in [-0.2, -0.15) is 0 Å². The van der Waals surface area contributed by atoms with Crippen molar-refractivity contribution in [1.82, 2.24) is 25.3 Å². The van der Waals surface area contributed by atoms with Gasteiger partial charge in [0.15, 0.2) is 5.96 Å². The highest BCUT2D eigenvalue weighted by Gasteiger charge is 2.25. The fourth-order valence-corrected chi connectivity index (χ4v) is 4.16. The quantitative estimate of drug-likeness (QED) is 0.314. The molecule has 6 nitrogen and oxygen atoms in total. The van der Waals surface area contributed by atoms with E-state index in [1.54, 1.807) is 0 Å². The van der Waals surface area contributed by atoms with Gasteiger partial charge in [0.2, 0.25) is 0 Å². The molecule has 2 rings (SSSR count). The third-order valence-electron chi connectivity index (χ3n) is 6.16. The number of rotatable bonds is 7. The Morgan fingerprint density at radius 1 is 0.964 bits per heavy atom. The lowest BCUT2D eigenvalue weighted by atomic mass is 10.0. The van der Waals surface area contributed by atoms with E-state index in [0.717, 1.165) is 32.1 Å². The van der Waals surface area contributed by atoms with Crippen molar-refractivity contribution in [1.29, 1.82) is 0 Å². The Labute approximate surface area is 190 Å². The van der Waals surface area contributed by atoms with Gasteiger partial charge in [0, 0.05) is 63.9 Å². The minimum atomic E-state index is 0. The van der Waals surface area contributed by atoms with Crippen molar-refractivity contribution in [2.75, 3.05) is 59.4 Å². The zero-order valence-electron chi connectivity index (χ0n) is 19.1. The van der Waals surface area contributed by atoms with Crippen LogP contribution in [0.15, 0.2) is 4.99 Å². The molecule has 7 heteroatoms. The number of halogens is 1. The zero-order chi connectivity index (χ0) is 19.8. The molecule has 0 radical (unpaired) electrons. The smallest absolute Gasteiger partial charge is 0.191 e. The highest BCUT2D eigenvalue weighted by molar-refractivity contribution is 14.0. The monoisotopic (exact) mass is 508 g/mol. The van der Waals surface area contributed by atoms with Gasteiger partial charge in [-0.15, -0.1) is 24.0 Å². The second-order valence-corrected chi connectivity index (χ2v) is 8.92. The molecule has 166 valence electrons. The van der Waals surface area contributed by atoms with Gasteiger partial charge >= 0.3 is 0 Å². The fraction of sp³-hybridized carbons (Fsp3) is 0.952. The summed E-state index contributed by atoms with van der Waals surface area (Å²) in [7, 11) is 2.22. The molecule has 1 unspecified atom stereocenters. The van der Waals surface area contributed by atoms with E-state index in [1.807, 2.05) is 0 Å². The van der Waals surface area contributed by atoms with Gasteiger partial charge in [-0.25, -0.2) is 0 Å². The Hall–Kier alpha value is -0.120. The van der Waals surface area contributed by atoms with Crippen LogP contribution in [0.2, 0.25) is 0 Å². The molecule has 0 aromatic rings. The number of hydrogen-bond donors (Lipinski definition) is 2. The van der Waals surface area contributed by atoms with E-state index in [2.05, 4.69) is 67.0 Å². The first kappa shape index (κ1) is 25.9. The number of piperidine rings is 1. The molecule has 0 spiro atoms. The summed E-state index contributed by atoms with van der Waals surface area (Å²) in [6.07, 6.45) is 2.41. The molecule has 0 aliphatic carbocycles. The summed E-state index contributed by atoms with van der Waals surface area (Å²) >= 11 is 0. The molecular formula is C21H45IN6. The summed E-state index contributed by atoms with van der Waals surface area (Å²) in [5.74, 6) is 1.62. The van der Waals surface area contributed by atoms with Crippen LogP contribution in [0.4, 0.5) is 0 Å². The van der Waals surface area contributed by atoms with Crippen molar-refractivity contribution in [3.8, 4) is 0 Å². The van der Waals surface area contributed by atoms with Crippen LogP contribution in [0.5, 0.6) is 0 Å². The predicted molar refractivity (Wildman–Crippen MR) is 132 cm³/mol. The van der Waals surface area contributed by atoms with Crippen molar-refractivity contribution in [2.24, 2.45) is 10.9 Å². The Morgan fingerprint density at radius 2 is 1.57 bits per heavy atom. The molecule has 2 aliphatic rings. The van der Waals surface area contributed by atoms with Crippen LogP contribution in [0.3, 0.4) is 0 Å². The van der Waals surface area contributed by atoms with E-state index in [1.165, 1.54) is 39.0 Å². The van der Waals surface area contributed by atoms with E-state index in [9.17, 15) is 0 Å². The summed E-state index contributed by atoms with van der Waals surface area (Å²) in [6.45, 7) is 20.2. The lowest BCUT2D eigenvalue weighted by Crippen LogP contribution is -2.52. The van der Waals surface area contributed by atoms with Crippen molar-refractivity contribution in [3.63, 3.8) is 0 Å². The van der Waals surface area contributed by atoms with Gasteiger partial charge in [0.05, 0.1) is 6.54 Å². The number of aliphatic imine (C=N–C) groups is 1. The third-order valence-corrected chi connectivity index (χ3v) is 6.16. The first-order valence-corrected chi connectivity index (χ1v) is 11.1. The molecule has 2 N–H and O–H groups in total. The number of hydrogen-bond acceptors (Lipinski definition) is 4. The van der Waals surface area contributed by atoms with Crippen molar-refractivity contribution in [2.45, 2.75) is 65.6 Å². The zero-order valence-corrected chi connectivity index (χ0v) is 21.4. The Morgan fingerprint density at radius 3 is 2.07 bits per heavy atom. The SMILES string of the molecule is CCNC(=NCC(C(C)C)N1CCN(C)CC1)NC1CCN(C(C)C)CC1.I. The Kier molecular flexibility index (Phi) is 12.3. The maximum Gasteiger partial charge on any atom is 0.191 e. The van der Waals surface area contributed by atoms with Gasteiger partial charge in [0.1, 0.15) is 0 Å². The van der Waals surface area contributed by atoms with Crippen LogP contribution in [-0.4, -0.2) is 98.2 Å². The average molecular weight is 509 g/mol. The van der Waals surface area contributed by atoms with Crippen molar-refractivity contribution < 1.29 is 0 Å².